The van der Waals surface area contributed by atoms with Gasteiger partial charge in [0.25, 0.3) is 5.91 Å². The van der Waals surface area contributed by atoms with Crippen LogP contribution in [0.3, 0.4) is 0 Å². The number of amides is 1. The van der Waals surface area contributed by atoms with Gasteiger partial charge in [-0.2, -0.15) is 0 Å². The van der Waals surface area contributed by atoms with E-state index in [2.05, 4.69) is 47.0 Å². The van der Waals surface area contributed by atoms with Crippen LogP contribution in [0.1, 0.15) is 47.2 Å². The van der Waals surface area contributed by atoms with Gasteiger partial charge >= 0.3 is 0 Å². The van der Waals surface area contributed by atoms with Gasteiger partial charge in [0.1, 0.15) is 11.6 Å². The monoisotopic (exact) mass is 577 g/mol. The Balaban J connectivity index is 0.00000308. The summed E-state index contributed by atoms with van der Waals surface area (Å²) in [5.74, 6) is 1.59. The van der Waals surface area contributed by atoms with Gasteiger partial charge in [-0.25, -0.2) is 4.98 Å². The molecule has 0 bridgehead atoms. The predicted molar refractivity (Wildman–Crippen MR) is 159 cm³/mol. The van der Waals surface area contributed by atoms with Crippen molar-refractivity contribution >= 4 is 52.5 Å². The number of carbonyl (C=O) groups excluding carboxylic acids is 1. The molecule has 0 radical (unpaired) electrons. The van der Waals surface area contributed by atoms with E-state index in [1.165, 1.54) is 0 Å². The van der Waals surface area contributed by atoms with Gasteiger partial charge in [-0.1, -0.05) is 53.5 Å². The number of halogens is 3. The summed E-state index contributed by atoms with van der Waals surface area (Å²) in [6.07, 6.45) is 2.27. The van der Waals surface area contributed by atoms with E-state index in [0.717, 1.165) is 52.1 Å². The average molecular weight is 579 g/mol. The molecule has 198 valence electrons. The summed E-state index contributed by atoms with van der Waals surface area (Å²) in [5, 5.41) is 1.41. The number of nitrogens with zero attached hydrogens (tertiary/aromatic N) is 2. The lowest BCUT2D eigenvalue weighted by Crippen LogP contribution is -2.19. The minimum Gasteiger partial charge on any atom is -0.484 e. The highest BCUT2D eigenvalue weighted by atomic mass is 35.5. The molecule has 4 aromatic carbocycles. The van der Waals surface area contributed by atoms with Crippen LogP contribution in [0.2, 0.25) is 10.0 Å². The van der Waals surface area contributed by atoms with E-state index in [1.807, 2.05) is 48.5 Å². The Kier molecular flexibility index (Phi) is 7.85. The van der Waals surface area contributed by atoms with Crippen molar-refractivity contribution in [1.82, 2.24) is 9.55 Å². The van der Waals surface area contributed by atoms with Gasteiger partial charge in [-0.15, -0.1) is 12.4 Å². The number of hydrogen-bond acceptors (Lipinski definition) is 3. The number of primary amides is 1. The van der Waals surface area contributed by atoms with E-state index < -0.39 is 5.91 Å². The third kappa shape index (κ3) is 5.76. The second-order valence-electron chi connectivity index (χ2n) is 9.61. The van der Waals surface area contributed by atoms with Crippen LogP contribution in [0, 0.1) is 0 Å². The van der Waals surface area contributed by atoms with E-state index in [1.54, 1.807) is 0 Å². The van der Waals surface area contributed by atoms with Gasteiger partial charge < -0.3 is 10.5 Å². The summed E-state index contributed by atoms with van der Waals surface area (Å²) in [5.41, 5.74) is 11.6. The number of rotatable bonds is 8. The van der Waals surface area contributed by atoms with E-state index in [-0.39, 0.29) is 24.9 Å². The van der Waals surface area contributed by atoms with Crippen LogP contribution in [0.4, 0.5) is 0 Å². The maximum atomic E-state index is 11.1. The molecule has 1 saturated carbocycles. The Morgan fingerprint density at radius 3 is 1.97 bits per heavy atom. The van der Waals surface area contributed by atoms with Crippen molar-refractivity contribution in [3.63, 3.8) is 0 Å². The molecule has 1 fully saturated rings. The summed E-state index contributed by atoms with van der Waals surface area (Å²) in [7, 11) is 0. The van der Waals surface area contributed by atoms with Gasteiger partial charge in [-0.05, 0) is 90.2 Å². The number of carbonyl (C=O) groups is 1. The maximum absolute atomic E-state index is 11.1. The summed E-state index contributed by atoms with van der Waals surface area (Å²) in [6, 6.07) is 30.2. The molecule has 6 rings (SSSR count). The Bertz CT molecular complexity index is 1570. The van der Waals surface area contributed by atoms with E-state index in [4.69, 9.17) is 38.7 Å². The Hall–Kier alpha value is -3.51. The number of hydrogen-bond donors (Lipinski definition) is 1. The highest BCUT2D eigenvalue weighted by Gasteiger charge is 2.30. The molecule has 1 heterocycles. The van der Waals surface area contributed by atoms with E-state index in [9.17, 15) is 4.79 Å². The van der Waals surface area contributed by atoms with Crippen LogP contribution in [-0.2, 0) is 4.79 Å². The van der Waals surface area contributed by atoms with Crippen molar-refractivity contribution in [2.75, 3.05) is 6.61 Å². The van der Waals surface area contributed by atoms with Crippen LogP contribution in [0.15, 0.2) is 91.0 Å². The molecule has 0 unspecified atom stereocenters. The fourth-order valence-corrected chi connectivity index (χ4v) is 5.16. The van der Waals surface area contributed by atoms with E-state index in [0.29, 0.717) is 21.7 Å². The average Bonchev–Trinajstić information content (AvgIpc) is 3.70. The molecule has 1 amide bonds. The normalized spacial score (nSPS) is 12.9. The Morgan fingerprint density at radius 2 is 1.44 bits per heavy atom. The molecule has 5 aromatic rings. The van der Waals surface area contributed by atoms with Crippen molar-refractivity contribution in [2.24, 2.45) is 5.73 Å². The molecule has 39 heavy (non-hydrogen) atoms. The number of fused-ring (bicyclic) bond motifs is 1. The van der Waals surface area contributed by atoms with Crippen LogP contribution >= 0.6 is 35.6 Å². The van der Waals surface area contributed by atoms with Crippen LogP contribution in [0.25, 0.3) is 16.7 Å². The van der Waals surface area contributed by atoms with Gasteiger partial charge in [0.2, 0.25) is 0 Å². The molecule has 8 heteroatoms. The van der Waals surface area contributed by atoms with Crippen molar-refractivity contribution < 1.29 is 9.53 Å². The Labute approximate surface area is 242 Å². The SMILES string of the molecule is Cl.NC(=O)COc1ccc(-n2c(C3CC3)nc3ccc(C(c4ccc(Cl)cc4)c4ccc(Cl)cc4)cc32)cc1. The molecule has 5 nitrogen and oxygen atoms in total. The molecule has 1 aliphatic rings. The zero-order chi connectivity index (χ0) is 26.2. The van der Waals surface area contributed by atoms with Crippen LogP contribution in [0.5, 0.6) is 5.75 Å². The molecular weight excluding hydrogens is 553 g/mol. The highest BCUT2D eigenvalue weighted by molar-refractivity contribution is 6.30. The van der Waals surface area contributed by atoms with Crippen molar-refractivity contribution in [1.29, 1.82) is 0 Å². The summed E-state index contributed by atoms with van der Waals surface area (Å²) in [4.78, 5) is 16.1. The minimum atomic E-state index is -0.505. The largest absolute Gasteiger partial charge is 0.484 e. The number of imidazole rings is 1. The lowest BCUT2D eigenvalue weighted by Gasteiger charge is -2.20. The fourth-order valence-electron chi connectivity index (χ4n) is 4.91. The number of benzene rings is 4. The number of nitrogens with two attached hydrogens (primary N) is 1. The molecular formula is C31H26Cl3N3O2. The lowest BCUT2D eigenvalue weighted by atomic mass is 9.85. The quantitative estimate of drug-likeness (QED) is 0.192. The highest BCUT2D eigenvalue weighted by Crippen LogP contribution is 2.43. The van der Waals surface area contributed by atoms with Crippen molar-refractivity contribution in [2.45, 2.75) is 24.7 Å². The van der Waals surface area contributed by atoms with Crippen LogP contribution in [-0.4, -0.2) is 22.1 Å². The first kappa shape index (κ1) is 27.1. The topological polar surface area (TPSA) is 70.1 Å². The maximum Gasteiger partial charge on any atom is 0.255 e. The minimum absolute atomic E-state index is 0. The molecule has 0 aliphatic heterocycles. The standard InChI is InChI=1S/C31H25Cl2N3O2.ClH/c32-23-8-3-19(4-9-23)30(20-5-10-24(33)11-6-20)22-7-16-27-28(17-22)36(31(35-27)21-1-2-21)25-12-14-26(15-13-25)38-18-29(34)37;/h3-17,21,30H,1-2,18H2,(H2,34,37);1H. The summed E-state index contributed by atoms with van der Waals surface area (Å²) < 4.78 is 7.71. The Morgan fingerprint density at radius 1 is 0.872 bits per heavy atom. The molecule has 1 aromatic heterocycles. The predicted octanol–water partition coefficient (Wildman–Crippen LogP) is 7.68. The molecule has 0 spiro atoms. The number of ether oxygens (including phenoxy) is 1. The van der Waals surface area contributed by atoms with E-state index >= 15 is 0 Å². The second-order valence-corrected chi connectivity index (χ2v) is 10.5. The summed E-state index contributed by atoms with van der Waals surface area (Å²) >= 11 is 12.4. The molecule has 2 N–H and O–H groups in total. The van der Waals surface area contributed by atoms with Gasteiger partial charge in [-0.3, -0.25) is 9.36 Å². The smallest absolute Gasteiger partial charge is 0.255 e. The van der Waals surface area contributed by atoms with Crippen molar-refractivity contribution in [3.05, 3.63) is 124 Å². The first-order valence-corrected chi connectivity index (χ1v) is 13.3. The van der Waals surface area contributed by atoms with Gasteiger partial charge in [0.05, 0.1) is 11.0 Å². The third-order valence-corrected chi connectivity index (χ3v) is 7.37. The zero-order valence-corrected chi connectivity index (χ0v) is 23.2. The van der Waals surface area contributed by atoms with Crippen molar-refractivity contribution in [3.8, 4) is 11.4 Å². The summed E-state index contributed by atoms with van der Waals surface area (Å²) in [6.45, 7) is -0.152. The molecule has 0 saturated heterocycles. The molecule has 1 aliphatic carbocycles. The fraction of sp³-hybridized carbons (Fsp3) is 0.161. The van der Waals surface area contributed by atoms with Gasteiger partial charge in [0.15, 0.2) is 6.61 Å². The van der Waals surface area contributed by atoms with Crippen LogP contribution < -0.4 is 10.5 Å². The molecule has 0 atom stereocenters. The first-order valence-electron chi connectivity index (χ1n) is 12.5. The second kappa shape index (κ2) is 11.3. The zero-order valence-electron chi connectivity index (χ0n) is 20.9. The lowest BCUT2D eigenvalue weighted by molar-refractivity contribution is -0.119. The van der Waals surface area contributed by atoms with Gasteiger partial charge in [0, 0.05) is 27.6 Å². The third-order valence-electron chi connectivity index (χ3n) is 6.86. The first-order chi connectivity index (χ1) is 18.5. The number of aromatic nitrogens is 2.